The molecule has 0 spiro atoms. The first-order chi connectivity index (χ1) is 18.0. The Morgan fingerprint density at radius 1 is 0.838 bits per heavy atom. The molecule has 0 bridgehead atoms. The van der Waals surface area contributed by atoms with E-state index >= 15 is 0 Å². The van der Waals surface area contributed by atoms with Crippen LogP contribution in [0.3, 0.4) is 0 Å². The lowest BCUT2D eigenvalue weighted by atomic mass is 10.1. The Hall–Kier alpha value is -1.32. The highest BCUT2D eigenvalue weighted by molar-refractivity contribution is 8.07. The fourth-order valence-electron chi connectivity index (χ4n) is 3.34. The largest absolute Gasteiger partial charge is 0.463 e. The third-order valence-electron chi connectivity index (χ3n) is 5.43. The van der Waals surface area contributed by atoms with Gasteiger partial charge in [-0.05, 0) is 43.9 Å². The Labute approximate surface area is 229 Å². The highest BCUT2D eigenvalue weighted by Gasteiger charge is 2.23. The summed E-state index contributed by atoms with van der Waals surface area (Å²) in [6.07, 6.45) is 19.6. The second-order valence-corrected chi connectivity index (χ2v) is 11.9. The molecule has 0 aliphatic rings. The van der Waals surface area contributed by atoms with Gasteiger partial charge in [0.25, 0.3) is 0 Å². The summed E-state index contributed by atoms with van der Waals surface area (Å²) >= 11 is 5.23. The van der Waals surface area contributed by atoms with Gasteiger partial charge < -0.3 is 23.4 Å². The lowest BCUT2D eigenvalue weighted by Crippen LogP contribution is -2.23. The summed E-state index contributed by atoms with van der Waals surface area (Å²) in [4.78, 5) is 11.9. The number of carbonyl (C=O) groups excluding carboxylic acids is 1. The molecule has 0 aromatic heterocycles. The molecule has 0 rings (SSSR count). The third-order valence-corrected chi connectivity index (χ3v) is 7.84. The summed E-state index contributed by atoms with van der Waals surface area (Å²) in [7, 11) is 0. The number of carbonyl (C=O) groups is 1. The molecule has 0 aromatic carbocycles. The number of hydrogen-bond donors (Lipinski definition) is 1. The number of aliphatic hydroxyl groups is 1. The number of nitriles is 2. The fraction of sp³-hybridized carbons (Fsp3) is 0.815. The molecular weight excluding hydrogens is 511 g/mol. The molecular formula is C27H47N2O6PS. The van der Waals surface area contributed by atoms with Crippen molar-refractivity contribution in [2.75, 3.05) is 26.4 Å². The molecule has 0 aliphatic heterocycles. The molecule has 0 heterocycles. The van der Waals surface area contributed by atoms with Crippen LogP contribution in [0.1, 0.15) is 110 Å². The quantitative estimate of drug-likeness (QED) is 0.0516. The molecule has 1 atom stereocenters. The van der Waals surface area contributed by atoms with Crippen LogP contribution in [0.5, 0.6) is 0 Å². The van der Waals surface area contributed by atoms with Gasteiger partial charge in [0.15, 0.2) is 0 Å². The molecule has 1 N–H and O–H groups in total. The van der Waals surface area contributed by atoms with E-state index in [0.717, 1.165) is 32.1 Å². The SMILES string of the molecule is CCCCCCCC/C=C\CCCCCCCC(=O)OC[C@H](O)COP(=S)(OCCC#N)OCCC#N. The second kappa shape index (κ2) is 26.3. The van der Waals surface area contributed by atoms with E-state index in [2.05, 4.69) is 19.1 Å². The smallest absolute Gasteiger partial charge is 0.327 e. The number of rotatable bonds is 26. The Kier molecular flexibility index (Phi) is 25.4. The number of nitrogens with zero attached hydrogens (tertiary/aromatic N) is 2. The van der Waals surface area contributed by atoms with E-state index in [9.17, 15) is 9.90 Å². The van der Waals surface area contributed by atoms with Crippen molar-refractivity contribution in [2.24, 2.45) is 0 Å². The van der Waals surface area contributed by atoms with Crippen molar-refractivity contribution in [3.05, 3.63) is 12.2 Å². The predicted molar refractivity (Wildman–Crippen MR) is 149 cm³/mol. The van der Waals surface area contributed by atoms with Crippen molar-refractivity contribution in [2.45, 2.75) is 116 Å². The van der Waals surface area contributed by atoms with E-state index in [4.69, 9.17) is 40.6 Å². The molecule has 37 heavy (non-hydrogen) atoms. The van der Waals surface area contributed by atoms with Crippen molar-refractivity contribution < 1.29 is 28.2 Å². The van der Waals surface area contributed by atoms with Gasteiger partial charge in [-0.25, -0.2) is 0 Å². The first kappa shape index (κ1) is 35.7. The van der Waals surface area contributed by atoms with Gasteiger partial charge in [-0.1, -0.05) is 70.4 Å². The van der Waals surface area contributed by atoms with Crippen molar-refractivity contribution in [1.82, 2.24) is 0 Å². The maximum atomic E-state index is 11.9. The van der Waals surface area contributed by atoms with Gasteiger partial charge in [-0.15, -0.1) is 0 Å². The second-order valence-electron chi connectivity index (χ2n) is 8.90. The van der Waals surface area contributed by atoms with Gasteiger partial charge in [0.05, 0.1) is 44.8 Å². The van der Waals surface area contributed by atoms with Crippen LogP contribution in [-0.2, 0) is 34.9 Å². The van der Waals surface area contributed by atoms with Gasteiger partial charge >= 0.3 is 12.7 Å². The molecule has 0 aliphatic carbocycles. The fourth-order valence-corrected chi connectivity index (χ4v) is 5.18. The average Bonchev–Trinajstić information content (AvgIpc) is 2.89. The van der Waals surface area contributed by atoms with E-state index in [1.807, 2.05) is 12.1 Å². The van der Waals surface area contributed by atoms with Crippen molar-refractivity contribution in [3.8, 4) is 12.1 Å². The molecule has 0 saturated carbocycles. The van der Waals surface area contributed by atoms with Crippen molar-refractivity contribution in [3.63, 3.8) is 0 Å². The lowest BCUT2D eigenvalue weighted by molar-refractivity contribution is -0.147. The zero-order valence-electron chi connectivity index (χ0n) is 22.6. The number of unbranched alkanes of at least 4 members (excludes halogenated alkanes) is 11. The zero-order chi connectivity index (χ0) is 27.5. The third kappa shape index (κ3) is 24.8. The van der Waals surface area contributed by atoms with Crippen LogP contribution in [-0.4, -0.2) is 43.6 Å². The molecule has 0 aromatic rings. The summed E-state index contributed by atoms with van der Waals surface area (Å²) in [5.74, 6) is -0.355. The summed E-state index contributed by atoms with van der Waals surface area (Å²) in [5.41, 5.74) is 0. The van der Waals surface area contributed by atoms with Gasteiger partial charge in [-0.2, -0.15) is 10.5 Å². The van der Waals surface area contributed by atoms with E-state index in [1.165, 1.54) is 51.4 Å². The minimum atomic E-state index is -3.20. The topological polar surface area (TPSA) is 122 Å². The summed E-state index contributed by atoms with van der Waals surface area (Å²) in [6.45, 7) is -1.35. The van der Waals surface area contributed by atoms with Crippen molar-refractivity contribution >= 4 is 24.5 Å². The van der Waals surface area contributed by atoms with E-state index in [0.29, 0.717) is 6.42 Å². The number of hydrogen-bond acceptors (Lipinski definition) is 9. The maximum absolute atomic E-state index is 11.9. The van der Waals surface area contributed by atoms with Gasteiger partial charge in [-0.3, -0.25) is 4.79 Å². The first-order valence-corrected chi connectivity index (χ1v) is 16.3. The monoisotopic (exact) mass is 558 g/mol. The summed E-state index contributed by atoms with van der Waals surface area (Å²) in [6, 6.07) is 3.85. The van der Waals surface area contributed by atoms with Crippen LogP contribution in [0.2, 0.25) is 0 Å². The van der Waals surface area contributed by atoms with Crippen LogP contribution in [0.25, 0.3) is 0 Å². The van der Waals surface area contributed by atoms with Crippen LogP contribution < -0.4 is 0 Å². The number of ether oxygens (including phenoxy) is 1. The van der Waals surface area contributed by atoms with Crippen LogP contribution in [0.4, 0.5) is 0 Å². The summed E-state index contributed by atoms with van der Waals surface area (Å²) < 4.78 is 21.3. The molecule has 8 nitrogen and oxygen atoms in total. The highest BCUT2D eigenvalue weighted by atomic mass is 32.5. The predicted octanol–water partition coefficient (Wildman–Crippen LogP) is 7.03. The molecule has 0 saturated heterocycles. The minimum absolute atomic E-state index is 0.0291. The van der Waals surface area contributed by atoms with Crippen LogP contribution >= 0.6 is 6.72 Å². The zero-order valence-corrected chi connectivity index (χ0v) is 24.3. The van der Waals surface area contributed by atoms with Gasteiger partial charge in [0.2, 0.25) is 0 Å². The Bertz CT molecular complexity index is 699. The van der Waals surface area contributed by atoms with Gasteiger partial charge in [0.1, 0.15) is 12.7 Å². The minimum Gasteiger partial charge on any atom is -0.463 e. The Morgan fingerprint density at radius 3 is 1.89 bits per heavy atom. The Balaban J connectivity index is 3.79. The molecule has 10 heteroatoms. The maximum Gasteiger partial charge on any atom is 0.327 e. The molecule has 0 fully saturated rings. The van der Waals surface area contributed by atoms with Crippen LogP contribution in [0.15, 0.2) is 12.2 Å². The average molecular weight is 559 g/mol. The van der Waals surface area contributed by atoms with E-state index in [-0.39, 0.29) is 45.2 Å². The lowest BCUT2D eigenvalue weighted by Gasteiger charge is -2.22. The first-order valence-electron chi connectivity index (χ1n) is 13.7. The normalized spacial score (nSPS) is 12.3. The van der Waals surface area contributed by atoms with Crippen LogP contribution in [0, 0.1) is 22.7 Å². The highest BCUT2D eigenvalue weighted by Crippen LogP contribution is 2.50. The van der Waals surface area contributed by atoms with E-state index < -0.39 is 12.8 Å². The van der Waals surface area contributed by atoms with Crippen molar-refractivity contribution in [1.29, 1.82) is 10.5 Å². The molecule has 0 amide bonds. The molecule has 212 valence electrons. The van der Waals surface area contributed by atoms with Gasteiger partial charge in [0, 0.05) is 6.42 Å². The summed E-state index contributed by atoms with van der Waals surface area (Å²) in [5, 5.41) is 27.3. The Morgan fingerprint density at radius 2 is 1.35 bits per heavy atom. The standard InChI is InChI=1S/C27H47N2O6PS/c1-2-3-4-5-6-7-8-9-10-11-12-13-14-15-16-19-27(31)32-24-26(30)25-35-36(37,33-22-17-20-28)34-23-18-21-29/h9-10,26,30H,2-8,11-19,22-25H2,1H3/b10-9-/t26-/m0/s1. The molecule has 0 unspecified atom stereocenters. The number of allylic oxidation sites excluding steroid dienone is 2. The number of aliphatic hydroxyl groups excluding tert-OH is 1. The number of esters is 1. The molecule has 0 radical (unpaired) electrons. The van der Waals surface area contributed by atoms with E-state index in [1.54, 1.807) is 0 Å².